The number of non-ortho nitro benzene ring substituents is 1. The fourth-order valence-electron chi connectivity index (χ4n) is 3.25. The van der Waals surface area contributed by atoms with Crippen LogP contribution in [0.2, 0.25) is 5.15 Å². The Morgan fingerprint density at radius 3 is 2.06 bits per heavy atom. The largest absolute Gasteiger partial charge is 0.457 e. The number of halogens is 1. The van der Waals surface area contributed by atoms with Crippen molar-refractivity contribution in [2.24, 2.45) is 0 Å². The molecule has 1 heterocycles. The molecular formula is C24H20ClN4O5P. The third-order valence-corrected chi connectivity index (χ3v) is 6.94. The van der Waals surface area contributed by atoms with Crippen LogP contribution in [0.4, 0.5) is 11.6 Å². The van der Waals surface area contributed by atoms with E-state index in [1.54, 1.807) is 79.7 Å². The second-order valence-electron chi connectivity index (χ2n) is 7.40. The van der Waals surface area contributed by atoms with Gasteiger partial charge in [-0.3, -0.25) is 10.1 Å². The molecule has 35 heavy (non-hydrogen) atoms. The van der Waals surface area contributed by atoms with Gasteiger partial charge in [-0.1, -0.05) is 60.1 Å². The lowest BCUT2D eigenvalue weighted by atomic mass is 10.2. The first kappa shape index (κ1) is 24.2. The van der Waals surface area contributed by atoms with Gasteiger partial charge in [0.15, 0.2) is 5.78 Å². The van der Waals surface area contributed by atoms with Gasteiger partial charge in [-0.25, -0.2) is 14.5 Å². The first-order chi connectivity index (χ1) is 16.8. The van der Waals surface area contributed by atoms with Crippen molar-refractivity contribution in [2.75, 3.05) is 5.32 Å². The summed E-state index contributed by atoms with van der Waals surface area (Å²) >= 11 is 6.11. The van der Waals surface area contributed by atoms with Crippen LogP contribution in [0.5, 0.6) is 11.5 Å². The second-order valence-corrected chi connectivity index (χ2v) is 9.75. The molecule has 0 fully saturated rings. The van der Waals surface area contributed by atoms with Crippen molar-refractivity contribution in [2.45, 2.75) is 12.7 Å². The number of hydrogen-bond acceptors (Lipinski definition) is 8. The SMILES string of the molecule is Cc1cc(Cl)nc(NC(c2cccc([N+](=O)[O-])c2)P(=O)(Oc2ccccc2)Oc2ccccc2)n1. The minimum atomic E-state index is -4.20. The van der Waals surface area contributed by atoms with Gasteiger partial charge in [0.25, 0.3) is 5.69 Å². The topological polar surface area (TPSA) is 116 Å². The summed E-state index contributed by atoms with van der Waals surface area (Å²) in [6, 6.07) is 24.3. The summed E-state index contributed by atoms with van der Waals surface area (Å²) in [5.41, 5.74) is 0.646. The van der Waals surface area contributed by atoms with Gasteiger partial charge in [0.2, 0.25) is 5.95 Å². The minimum absolute atomic E-state index is 0.0556. The van der Waals surface area contributed by atoms with Gasteiger partial charge in [0.05, 0.1) is 4.92 Å². The standard InChI is InChI=1S/C24H20ClN4O5P/c1-17-15-22(25)27-24(26-17)28-23(18-9-8-10-19(16-18)29(30)31)35(32,33-20-11-4-2-5-12-20)34-21-13-6-3-7-14-21/h2-16,23H,1H3,(H,26,27,28). The predicted octanol–water partition coefficient (Wildman–Crippen LogP) is 6.81. The van der Waals surface area contributed by atoms with Crippen molar-refractivity contribution < 1.29 is 18.5 Å². The van der Waals surface area contributed by atoms with Crippen LogP contribution in [-0.4, -0.2) is 14.9 Å². The average Bonchev–Trinajstić information content (AvgIpc) is 2.83. The summed E-state index contributed by atoms with van der Waals surface area (Å²) in [6.07, 6.45) is 0. The van der Waals surface area contributed by atoms with Crippen molar-refractivity contribution >= 4 is 30.8 Å². The molecular weight excluding hydrogens is 491 g/mol. The highest BCUT2D eigenvalue weighted by molar-refractivity contribution is 7.55. The summed E-state index contributed by atoms with van der Waals surface area (Å²) in [4.78, 5) is 19.4. The Hall–Kier alpha value is -3.94. The number of para-hydroxylation sites is 2. The molecule has 11 heteroatoms. The molecule has 0 saturated heterocycles. The van der Waals surface area contributed by atoms with Gasteiger partial charge in [0, 0.05) is 17.8 Å². The third kappa shape index (κ3) is 6.15. The van der Waals surface area contributed by atoms with E-state index >= 15 is 0 Å². The molecule has 178 valence electrons. The fraction of sp³-hybridized carbons (Fsp3) is 0.0833. The Balaban J connectivity index is 1.86. The van der Waals surface area contributed by atoms with E-state index in [2.05, 4.69) is 15.3 Å². The Bertz CT molecular complexity index is 1310. The van der Waals surface area contributed by atoms with Crippen LogP contribution in [0.1, 0.15) is 17.0 Å². The molecule has 0 bridgehead atoms. The van der Waals surface area contributed by atoms with E-state index in [4.69, 9.17) is 20.6 Å². The number of anilines is 1. The van der Waals surface area contributed by atoms with E-state index in [9.17, 15) is 14.7 Å². The Kier molecular flexibility index (Phi) is 7.29. The maximum atomic E-state index is 14.5. The molecule has 0 amide bonds. The number of hydrogen-bond donors (Lipinski definition) is 1. The summed E-state index contributed by atoms with van der Waals surface area (Å²) in [5.74, 6) is -0.611. The molecule has 0 aliphatic rings. The Labute approximate surface area is 206 Å². The van der Waals surface area contributed by atoms with Crippen LogP contribution in [0.3, 0.4) is 0 Å². The van der Waals surface area contributed by atoms with E-state index in [1.165, 1.54) is 18.2 Å². The number of nitrogens with one attached hydrogen (secondary N) is 1. The molecule has 4 rings (SSSR count). The van der Waals surface area contributed by atoms with Gasteiger partial charge in [0.1, 0.15) is 16.7 Å². The highest BCUT2D eigenvalue weighted by Gasteiger charge is 2.42. The molecule has 0 aliphatic heterocycles. The zero-order valence-corrected chi connectivity index (χ0v) is 20.1. The van der Waals surface area contributed by atoms with Gasteiger partial charge < -0.3 is 14.4 Å². The highest BCUT2D eigenvalue weighted by Crippen LogP contribution is 2.60. The van der Waals surface area contributed by atoms with Crippen molar-refractivity contribution in [1.29, 1.82) is 0 Å². The van der Waals surface area contributed by atoms with Gasteiger partial charge in [-0.2, -0.15) is 0 Å². The summed E-state index contributed by atoms with van der Waals surface area (Å²) < 4.78 is 26.5. The minimum Gasteiger partial charge on any atom is -0.414 e. The molecule has 0 spiro atoms. The number of nitro benzene ring substituents is 1. The van der Waals surface area contributed by atoms with Crippen LogP contribution in [0, 0.1) is 17.0 Å². The quantitative estimate of drug-likeness (QED) is 0.113. The Morgan fingerprint density at radius 1 is 0.914 bits per heavy atom. The van der Waals surface area contributed by atoms with E-state index in [0.717, 1.165) is 0 Å². The molecule has 4 aromatic rings. The van der Waals surface area contributed by atoms with E-state index in [1.807, 2.05) is 0 Å². The molecule has 1 atom stereocenters. The smallest absolute Gasteiger partial charge is 0.414 e. The van der Waals surface area contributed by atoms with Crippen LogP contribution in [0.25, 0.3) is 0 Å². The predicted molar refractivity (Wildman–Crippen MR) is 133 cm³/mol. The second kappa shape index (κ2) is 10.5. The number of rotatable bonds is 9. The van der Waals surface area contributed by atoms with Crippen molar-refractivity contribution in [1.82, 2.24) is 9.97 Å². The molecule has 1 N–H and O–H groups in total. The molecule has 3 aromatic carbocycles. The summed E-state index contributed by atoms with van der Waals surface area (Å²) in [5, 5.41) is 14.6. The first-order valence-corrected chi connectivity index (χ1v) is 12.4. The zero-order valence-electron chi connectivity index (χ0n) is 18.4. The van der Waals surface area contributed by atoms with Crippen molar-refractivity contribution in [3.05, 3.63) is 118 Å². The monoisotopic (exact) mass is 510 g/mol. The molecule has 9 nitrogen and oxygen atoms in total. The molecule has 1 aromatic heterocycles. The van der Waals surface area contributed by atoms with E-state index in [0.29, 0.717) is 5.69 Å². The summed E-state index contributed by atoms with van der Waals surface area (Å²) in [6.45, 7) is 1.72. The van der Waals surface area contributed by atoms with E-state index < -0.39 is 18.3 Å². The van der Waals surface area contributed by atoms with Crippen LogP contribution < -0.4 is 14.4 Å². The number of nitrogens with zero attached hydrogens (tertiary/aromatic N) is 3. The molecule has 0 aliphatic carbocycles. The van der Waals surface area contributed by atoms with Crippen molar-refractivity contribution in [3.63, 3.8) is 0 Å². The molecule has 0 radical (unpaired) electrons. The highest BCUT2D eigenvalue weighted by atomic mass is 35.5. The van der Waals surface area contributed by atoms with Crippen LogP contribution in [-0.2, 0) is 4.57 Å². The number of aromatic nitrogens is 2. The first-order valence-electron chi connectivity index (χ1n) is 10.4. The lowest BCUT2D eigenvalue weighted by molar-refractivity contribution is -0.384. The van der Waals surface area contributed by atoms with Crippen LogP contribution >= 0.6 is 19.2 Å². The van der Waals surface area contributed by atoms with E-state index in [-0.39, 0.29) is 33.9 Å². The van der Waals surface area contributed by atoms with Gasteiger partial charge in [-0.15, -0.1) is 0 Å². The van der Waals surface area contributed by atoms with Gasteiger partial charge in [-0.05, 0) is 42.8 Å². The summed E-state index contributed by atoms with van der Waals surface area (Å²) in [7, 11) is -4.20. The normalized spacial score (nSPS) is 11.9. The fourth-order valence-corrected chi connectivity index (χ4v) is 5.37. The number of benzene rings is 3. The lowest BCUT2D eigenvalue weighted by Gasteiger charge is -2.28. The Morgan fingerprint density at radius 2 is 1.51 bits per heavy atom. The number of aryl methyl sites for hydroxylation is 1. The third-order valence-electron chi connectivity index (χ3n) is 4.75. The molecule has 0 saturated carbocycles. The van der Waals surface area contributed by atoms with Crippen molar-refractivity contribution in [3.8, 4) is 11.5 Å². The van der Waals surface area contributed by atoms with Crippen LogP contribution in [0.15, 0.2) is 91.0 Å². The zero-order chi connectivity index (χ0) is 24.8. The maximum absolute atomic E-state index is 14.5. The average molecular weight is 511 g/mol. The van der Waals surface area contributed by atoms with Gasteiger partial charge >= 0.3 is 7.60 Å². The maximum Gasteiger partial charge on any atom is 0.457 e. The molecule has 1 unspecified atom stereocenters. The number of nitro groups is 1. The lowest BCUT2D eigenvalue weighted by Crippen LogP contribution is -2.19.